The van der Waals surface area contributed by atoms with Crippen LogP contribution >= 0.6 is 178 Å². The molecule has 1 aromatic rings. The molecular formula is C20H6BrCl12I. The minimum Gasteiger partial charge on any atom is -0.109 e. The van der Waals surface area contributed by atoms with Gasteiger partial charge in [-0.3, -0.25) is 0 Å². The summed E-state index contributed by atoms with van der Waals surface area (Å²) in [6, 6.07) is 3.88. The lowest BCUT2D eigenvalue weighted by Gasteiger charge is -2.52. The van der Waals surface area contributed by atoms with Crippen LogP contribution in [0.1, 0.15) is 23.0 Å². The molecule has 14 heteroatoms. The standard InChI is InChI=1S/C20H6BrCl12I/c21-5-1-3-4(2-6(5)34)8-10(18(29)14(25)12(23)16(8,27)20(18,32)33)9-7(3)15(26)11(22)13(24)17(9,28)19(15,30)31/h1-2,7-10H/t7?,8?,9?,10?,15-,16-,17+,18+/m1/s1. The molecule has 2 fully saturated rings. The number of halogens is 14. The highest BCUT2D eigenvalue weighted by Gasteiger charge is 2.91. The van der Waals surface area contributed by atoms with Gasteiger partial charge in [0.05, 0.1) is 20.1 Å². The van der Waals surface area contributed by atoms with Crippen LogP contribution in [0.3, 0.4) is 0 Å². The van der Waals surface area contributed by atoms with Crippen molar-refractivity contribution in [1.82, 2.24) is 0 Å². The molecule has 0 N–H and O–H groups in total. The van der Waals surface area contributed by atoms with E-state index in [1.165, 1.54) is 0 Å². The summed E-state index contributed by atoms with van der Waals surface area (Å²) in [6.45, 7) is 0. The van der Waals surface area contributed by atoms with Gasteiger partial charge in [-0.25, -0.2) is 0 Å². The molecule has 0 aliphatic heterocycles. The van der Waals surface area contributed by atoms with Gasteiger partial charge in [0, 0.05) is 31.7 Å². The number of allylic oxidation sites excluding steroid dienone is 4. The van der Waals surface area contributed by atoms with E-state index >= 15 is 0 Å². The van der Waals surface area contributed by atoms with E-state index in [0.29, 0.717) is 0 Å². The number of alkyl halides is 8. The van der Waals surface area contributed by atoms with Crippen molar-refractivity contribution < 1.29 is 0 Å². The Kier molecular flexibility index (Phi) is 6.17. The SMILES string of the molecule is ClC1=C(Cl)[C@]2(Cl)C3c4cc(Br)c(I)cc4C4C(C3[C@@]1(Cl)C2(Cl)Cl)[C@]1(Cl)C(Cl)=C(Cl)[C@@]4(Cl)C1(Cl)Cl. The molecule has 8 atom stereocenters. The van der Waals surface area contributed by atoms with Crippen molar-refractivity contribution in [1.29, 1.82) is 0 Å². The van der Waals surface area contributed by atoms with Crippen LogP contribution in [0.25, 0.3) is 0 Å². The Morgan fingerprint density at radius 2 is 0.912 bits per heavy atom. The van der Waals surface area contributed by atoms with Crippen LogP contribution in [0.15, 0.2) is 36.7 Å². The minimum atomic E-state index is -1.83. The monoisotopic (exact) mass is 871 g/mol. The Morgan fingerprint density at radius 3 is 1.29 bits per heavy atom. The van der Waals surface area contributed by atoms with E-state index < -0.39 is 51.8 Å². The normalized spacial score (nSPS) is 49.0. The molecule has 184 valence electrons. The summed E-state index contributed by atoms with van der Waals surface area (Å²) in [6.07, 6.45) is 0. The van der Waals surface area contributed by atoms with Crippen molar-refractivity contribution in [3.05, 3.63) is 51.4 Å². The van der Waals surface area contributed by atoms with Crippen molar-refractivity contribution in [2.24, 2.45) is 11.8 Å². The molecule has 4 unspecified atom stereocenters. The van der Waals surface area contributed by atoms with Crippen LogP contribution in [0.4, 0.5) is 0 Å². The molecule has 2 saturated carbocycles. The van der Waals surface area contributed by atoms with E-state index in [9.17, 15) is 0 Å². The number of benzene rings is 1. The molecule has 1 aromatic carbocycles. The molecule has 5 aliphatic rings. The third-order valence-electron chi connectivity index (χ3n) is 8.17. The minimum absolute atomic E-state index is 0.0384. The number of fused-ring (bicyclic) bond motifs is 14. The van der Waals surface area contributed by atoms with Crippen molar-refractivity contribution in [3.8, 4) is 0 Å². The Labute approximate surface area is 277 Å². The zero-order chi connectivity index (χ0) is 25.3. The largest absolute Gasteiger partial charge is 0.167 e. The van der Waals surface area contributed by atoms with Crippen LogP contribution in [0, 0.1) is 15.4 Å². The maximum absolute atomic E-state index is 7.31. The van der Waals surface area contributed by atoms with E-state index in [-0.39, 0.29) is 20.1 Å². The number of rotatable bonds is 0. The first-order chi connectivity index (χ1) is 15.4. The molecular weight excluding hydrogens is 872 g/mol. The Balaban J connectivity index is 1.80. The van der Waals surface area contributed by atoms with Gasteiger partial charge in [0.25, 0.3) is 0 Å². The summed E-state index contributed by atoms with van der Waals surface area (Å²) < 4.78 is -1.94. The van der Waals surface area contributed by atoms with Crippen LogP contribution < -0.4 is 0 Å². The predicted molar refractivity (Wildman–Crippen MR) is 160 cm³/mol. The lowest BCUT2D eigenvalue weighted by Crippen LogP contribution is -2.53. The van der Waals surface area contributed by atoms with Gasteiger partial charge < -0.3 is 0 Å². The van der Waals surface area contributed by atoms with E-state index in [0.717, 1.165) is 19.2 Å². The first-order valence-corrected chi connectivity index (χ1v) is 15.9. The Hall–Kier alpha value is 3.39. The van der Waals surface area contributed by atoms with Crippen LogP contribution in [0.5, 0.6) is 0 Å². The van der Waals surface area contributed by atoms with E-state index in [4.69, 9.17) is 139 Å². The van der Waals surface area contributed by atoms with Crippen LogP contribution in [0.2, 0.25) is 0 Å². The average Bonchev–Trinajstić information content (AvgIpc) is 3.09. The molecule has 6 rings (SSSR count). The van der Waals surface area contributed by atoms with Crippen molar-refractivity contribution in [3.63, 3.8) is 0 Å². The summed E-state index contributed by atoms with van der Waals surface area (Å²) >= 11 is 89.8. The summed E-state index contributed by atoms with van der Waals surface area (Å²) in [5, 5.41) is 0.232. The Morgan fingerprint density at radius 1 is 0.588 bits per heavy atom. The smallest absolute Gasteiger partial charge is 0.109 e. The summed E-state index contributed by atoms with van der Waals surface area (Å²) in [5.74, 6) is -2.68. The van der Waals surface area contributed by atoms with Crippen molar-refractivity contribution in [2.75, 3.05) is 0 Å². The fourth-order valence-corrected chi connectivity index (χ4v) is 13.8. The van der Waals surface area contributed by atoms with Crippen LogP contribution in [-0.4, -0.2) is 28.2 Å². The van der Waals surface area contributed by atoms with Crippen LogP contribution in [-0.2, 0) is 0 Å². The highest BCUT2D eigenvalue weighted by atomic mass is 127. The highest BCUT2D eigenvalue weighted by molar-refractivity contribution is 14.1. The lowest BCUT2D eigenvalue weighted by molar-refractivity contribution is 0.201. The third kappa shape index (κ3) is 2.42. The van der Waals surface area contributed by atoms with Gasteiger partial charge in [0.1, 0.15) is 19.5 Å². The second-order valence-corrected chi connectivity index (χ2v) is 17.7. The van der Waals surface area contributed by atoms with Crippen molar-refractivity contribution >= 4 is 178 Å². The number of hydrogen-bond acceptors (Lipinski definition) is 0. The molecule has 0 amide bonds. The van der Waals surface area contributed by atoms with Gasteiger partial charge in [-0.1, -0.05) is 92.8 Å². The molecule has 0 radical (unpaired) electrons. The highest BCUT2D eigenvalue weighted by Crippen LogP contribution is 2.88. The molecule has 0 heterocycles. The maximum atomic E-state index is 7.31. The summed E-state index contributed by atoms with van der Waals surface area (Å²) in [4.78, 5) is -6.45. The van der Waals surface area contributed by atoms with E-state index in [1.54, 1.807) is 0 Å². The van der Waals surface area contributed by atoms with Gasteiger partial charge in [0.2, 0.25) is 0 Å². The number of hydrogen-bond donors (Lipinski definition) is 0. The molecule has 0 nitrogen and oxygen atoms in total. The molecule has 34 heavy (non-hydrogen) atoms. The quantitative estimate of drug-likeness (QED) is 0.180. The fraction of sp³-hybridized carbons (Fsp3) is 0.500. The second-order valence-electron chi connectivity index (χ2n) is 9.15. The van der Waals surface area contributed by atoms with Gasteiger partial charge in [-0.05, 0) is 61.8 Å². The molecule has 0 saturated heterocycles. The van der Waals surface area contributed by atoms with Gasteiger partial charge in [-0.2, -0.15) is 0 Å². The molecule has 5 aliphatic carbocycles. The summed E-state index contributed by atoms with van der Waals surface area (Å²) in [5.41, 5.74) is 1.54. The zero-order valence-corrected chi connectivity index (χ0v) is 28.6. The predicted octanol–water partition coefficient (Wildman–Crippen LogP) is 11.2. The zero-order valence-electron chi connectivity index (χ0n) is 15.8. The fourth-order valence-electron chi connectivity index (χ4n) is 6.89. The van der Waals surface area contributed by atoms with E-state index in [1.807, 2.05) is 12.1 Å². The summed E-state index contributed by atoms with van der Waals surface area (Å²) in [7, 11) is 0. The first-order valence-electron chi connectivity index (χ1n) is 9.53. The van der Waals surface area contributed by atoms with Gasteiger partial charge in [-0.15, -0.1) is 46.4 Å². The second kappa shape index (κ2) is 7.61. The van der Waals surface area contributed by atoms with Gasteiger partial charge >= 0.3 is 0 Å². The maximum Gasteiger partial charge on any atom is 0.167 e. The topological polar surface area (TPSA) is 0 Å². The Bertz CT molecular complexity index is 1200. The molecule has 0 spiro atoms. The van der Waals surface area contributed by atoms with E-state index in [2.05, 4.69) is 38.5 Å². The molecule has 4 bridgehead atoms. The molecule has 0 aromatic heterocycles. The van der Waals surface area contributed by atoms with Crippen molar-refractivity contribution in [2.45, 2.75) is 40.0 Å². The average molecular weight is 879 g/mol. The lowest BCUT2D eigenvalue weighted by atomic mass is 9.57. The van der Waals surface area contributed by atoms with Gasteiger partial charge in [0.15, 0.2) is 8.67 Å². The first kappa shape index (κ1) is 27.6. The third-order valence-corrected chi connectivity index (χ3v) is 19.0.